The van der Waals surface area contributed by atoms with Gasteiger partial charge in [0.15, 0.2) is 0 Å². The fraction of sp³-hybridized carbons (Fsp3) is 0.556. The second-order valence-electron chi connectivity index (χ2n) is 2.86. The van der Waals surface area contributed by atoms with Crippen LogP contribution in [0.25, 0.3) is 0 Å². The van der Waals surface area contributed by atoms with Gasteiger partial charge in [-0.1, -0.05) is 6.58 Å². The first kappa shape index (κ1) is 12.6. The van der Waals surface area contributed by atoms with Gasteiger partial charge in [0.05, 0.1) is 12.9 Å². The SMILES string of the molecule is C1=NCCN1.C=CN1CCCC1=O.N. The summed E-state index contributed by atoms with van der Waals surface area (Å²) in [6.45, 7) is 6.35. The molecule has 0 unspecified atom stereocenters. The monoisotopic (exact) mass is 198 g/mol. The minimum absolute atomic E-state index is 0. The minimum Gasteiger partial charge on any atom is -0.375 e. The summed E-state index contributed by atoms with van der Waals surface area (Å²) >= 11 is 0. The number of aliphatic imine (C=N–C) groups is 1. The molecule has 1 saturated heterocycles. The molecule has 1 fully saturated rings. The number of hydrogen-bond acceptors (Lipinski definition) is 4. The van der Waals surface area contributed by atoms with Crippen molar-refractivity contribution in [3.63, 3.8) is 0 Å². The number of nitrogens with zero attached hydrogens (tertiary/aromatic N) is 2. The fourth-order valence-electron chi connectivity index (χ4n) is 1.18. The van der Waals surface area contributed by atoms with Gasteiger partial charge >= 0.3 is 0 Å². The molecule has 0 saturated carbocycles. The highest BCUT2D eigenvalue weighted by molar-refractivity contribution is 5.78. The van der Waals surface area contributed by atoms with Crippen molar-refractivity contribution < 1.29 is 4.79 Å². The molecular weight excluding hydrogens is 180 g/mol. The van der Waals surface area contributed by atoms with E-state index in [2.05, 4.69) is 16.9 Å². The lowest BCUT2D eigenvalue weighted by Gasteiger charge is -2.05. The molecule has 0 aliphatic carbocycles. The van der Waals surface area contributed by atoms with Gasteiger partial charge in [-0.3, -0.25) is 9.79 Å². The van der Waals surface area contributed by atoms with Crippen molar-refractivity contribution in [3.8, 4) is 0 Å². The quantitative estimate of drug-likeness (QED) is 0.645. The lowest BCUT2D eigenvalue weighted by Crippen LogP contribution is -2.16. The third-order valence-electron chi connectivity index (χ3n) is 1.90. The molecule has 0 spiro atoms. The number of amides is 1. The van der Waals surface area contributed by atoms with Crippen LogP contribution in [0.3, 0.4) is 0 Å². The standard InChI is InChI=1S/C6H9NO.C3H6N2.H3N/c1-2-7-5-3-4-6(7)8;1-2-5-3-4-1;/h2H,1,3-5H2;3H,1-2H2,(H,4,5);1H3. The van der Waals surface area contributed by atoms with Crippen LogP contribution >= 0.6 is 0 Å². The van der Waals surface area contributed by atoms with E-state index in [-0.39, 0.29) is 12.1 Å². The van der Waals surface area contributed by atoms with Crippen molar-refractivity contribution in [3.05, 3.63) is 12.8 Å². The highest BCUT2D eigenvalue weighted by atomic mass is 16.2. The Balaban J connectivity index is 0.000000246. The lowest BCUT2D eigenvalue weighted by atomic mass is 10.4. The van der Waals surface area contributed by atoms with Crippen LogP contribution in [0.1, 0.15) is 12.8 Å². The second-order valence-corrected chi connectivity index (χ2v) is 2.86. The average Bonchev–Trinajstić information content (AvgIpc) is 2.76. The normalized spacial score (nSPS) is 18.0. The average molecular weight is 198 g/mol. The van der Waals surface area contributed by atoms with Gasteiger partial charge in [0.2, 0.25) is 5.91 Å². The highest BCUT2D eigenvalue weighted by Gasteiger charge is 2.15. The van der Waals surface area contributed by atoms with Gasteiger partial charge in [-0.05, 0) is 12.6 Å². The van der Waals surface area contributed by atoms with Gasteiger partial charge in [-0.25, -0.2) is 0 Å². The number of rotatable bonds is 1. The molecule has 80 valence electrons. The largest absolute Gasteiger partial charge is 0.375 e. The number of likely N-dealkylation sites (tertiary alicyclic amines) is 1. The zero-order valence-electron chi connectivity index (χ0n) is 8.41. The number of carbonyl (C=O) groups is 1. The van der Waals surface area contributed by atoms with Gasteiger partial charge in [-0.15, -0.1) is 0 Å². The third-order valence-corrected chi connectivity index (χ3v) is 1.90. The molecule has 0 radical (unpaired) electrons. The molecule has 4 N–H and O–H groups in total. The van der Waals surface area contributed by atoms with Gasteiger partial charge in [0.25, 0.3) is 0 Å². The molecule has 0 aromatic rings. The van der Waals surface area contributed by atoms with E-state index in [4.69, 9.17) is 0 Å². The first-order chi connectivity index (χ1) is 6.34. The fourth-order valence-corrected chi connectivity index (χ4v) is 1.18. The Labute approximate surface area is 84.5 Å². The maximum absolute atomic E-state index is 10.7. The lowest BCUT2D eigenvalue weighted by molar-refractivity contribution is -0.125. The Morgan fingerprint density at radius 3 is 2.64 bits per heavy atom. The first-order valence-corrected chi connectivity index (χ1v) is 4.48. The molecule has 5 nitrogen and oxygen atoms in total. The summed E-state index contributed by atoms with van der Waals surface area (Å²) in [6, 6.07) is 0. The summed E-state index contributed by atoms with van der Waals surface area (Å²) in [4.78, 5) is 16.2. The van der Waals surface area contributed by atoms with Crippen LogP contribution < -0.4 is 11.5 Å². The molecule has 5 heteroatoms. The van der Waals surface area contributed by atoms with Crippen molar-refractivity contribution in [1.82, 2.24) is 16.4 Å². The number of nitrogens with one attached hydrogen (secondary N) is 1. The van der Waals surface area contributed by atoms with Crippen molar-refractivity contribution in [1.29, 1.82) is 0 Å². The molecule has 2 aliphatic heterocycles. The first-order valence-electron chi connectivity index (χ1n) is 4.48. The van der Waals surface area contributed by atoms with Gasteiger partial charge in [0, 0.05) is 19.5 Å². The van der Waals surface area contributed by atoms with Gasteiger partial charge in [0.1, 0.15) is 0 Å². The summed E-state index contributed by atoms with van der Waals surface area (Å²) in [5, 5.41) is 2.93. The molecule has 14 heavy (non-hydrogen) atoms. The second kappa shape index (κ2) is 7.08. The van der Waals surface area contributed by atoms with Gasteiger partial charge < -0.3 is 16.4 Å². The van der Waals surface area contributed by atoms with E-state index >= 15 is 0 Å². The van der Waals surface area contributed by atoms with E-state index in [9.17, 15) is 4.79 Å². The molecular formula is C9H18N4O. The Morgan fingerprint density at radius 2 is 2.43 bits per heavy atom. The van der Waals surface area contributed by atoms with E-state index in [1.165, 1.54) is 0 Å². The Kier molecular flexibility index (Phi) is 6.39. The van der Waals surface area contributed by atoms with E-state index in [0.717, 1.165) is 26.1 Å². The molecule has 0 atom stereocenters. The van der Waals surface area contributed by atoms with E-state index in [0.29, 0.717) is 6.42 Å². The predicted molar refractivity (Wildman–Crippen MR) is 57.5 cm³/mol. The topological polar surface area (TPSA) is 79.7 Å². The summed E-state index contributed by atoms with van der Waals surface area (Å²) in [5.41, 5.74) is 0. The summed E-state index contributed by atoms with van der Waals surface area (Å²) < 4.78 is 0. The van der Waals surface area contributed by atoms with Crippen molar-refractivity contribution in [2.24, 2.45) is 4.99 Å². The van der Waals surface area contributed by atoms with Crippen LogP contribution in [0.2, 0.25) is 0 Å². The van der Waals surface area contributed by atoms with Gasteiger partial charge in [-0.2, -0.15) is 0 Å². The summed E-state index contributed by atoms with van der Waals surface area (Å²) in [5.74, 6) is 0.208. The smallest absolute Gasteiger partial charge is 0.226 e. The Bertz CT molecular complexity index is 209. The molecule has 2 aliphatic rings. The molecule has 0 aromatic heterocycles. The molecule has 2 rings (SSSR count). The predicted octanol–water partition coefficient (Wildman–Crippen LogP) is 0.532. The van der Waals surface area contributed by atoms with Crippen LogP contribution in [-0.2, 0) is 4.79 Å². The van der Waals surface area contributed by atoms with E-state index in [1.54, 1.807) is 17.4 Å². The van der Waals surface area contributed by atoms with E-state index < -0.39 is 0 Å². The summed E-state index contributed by atoms with van der Waals surface area (Å²) in [6.07, 6.45) is 5.02. The zero-order valence-corrected chi connectivity index (χ0v) is 8.41. The maximum Gasteiger partial charge on any atom is 0.226 e. The summed E-state index contributed by atoms with van der Waals surface area (Å²) in [7, 11) is 0. The zero-order chi connectivity index (χ0) is 9.52. The minimum atomic E-state index is 0. The van der Waals surface area contributed by atoms with E-state index in [1.807, 2.05) is 0 Å². The molecule has 0 aromatic carbocycles. The van der Waals surface area contributed by atoms with Crippen molar-refractivity contribution in [2.45, 2.75) is 12.8 Å². The Hall–Kier alpha value is -1.36. The Morgan fingerprint density at radius 1 is 1.64 bits per heavy atom. The number of hydrogen-bond donors (Lipinski definition) is 2. The van der Waals surface area contributed by atoms with Crippen LogP contribution in [0, 0.1) is 0 Å². The van der Waals surface area contributed by atoms with Crippen LogP contribution in [0.4, 0.5) is 0 Å². The third kappa shape index (κ3) is 4.04. The molecule has 1 amide bonds. The number of carbonyl (C=O) groups excluding carboxylic acids is 1. The van der Waals surface area contributed by atoms with Crippen LogP contribution in [0.5, 0.6) is 0 Å². The molecule has 0 bridgehead atoms. The highest BCUT2D eigenvalue weighted by Crippen LogP contribution is 2.08. The van der Waals surface area contributed by atoms with Crippen molar-refractivity contribution >= 4 is 12.2 Å². The van der Waals surface area contributed by atoms with Crippen LogP contribution in [0.15, 0.2) is 17.8 Å². The van der Waals surface area contributed by atoms with Crippen molar-refractivity contribution in [2.75, 3.05) is 19.6 Å². The molecule has 2 heterocycles. The maximum atomic E-state index is 10.7. The van der Waals surface area contributed by atoms with Crippen LogP contribution in [-0.4, -0.2) is 36.8 Å².